The summed E-state index contributed by atoms with van der Waals surface area (Å²) in [6.07, 6.45) is 2.57. The summed E-state index contributed by atoms with van der Waals surface area (Å²) in [6, 6.07) is 5.52. The van der Waals surface area contributed by atoms with Crippen molar-refractivity contribution in [3.8, 4) is 0 Å². The van der Waals surface area contributed by atoms with Crippen molar-refractivity contribution in [1.29, 1.82) is 0 Å². The molecule has 0 spiro atoms. The van der Waals surface area contributed by atoms with Crippen LogP contribution in [-0.2, 0) is 17.6 Å². The van der Waals surface area contributed by atoms with Crippen LogP contribution in [0.25, 0.3) is 0 Å². The third-order valence-electron chi connectivity index (χ3n) is 3.70. The SMILES string of the molecule is Cc1cc(Cl)ccc1NC(=O)C1CCc2ncsc2C1. The third-order valence-corrected chi connectivity index (χ3v) is 4.84. The van der Waals surface area contributed by atoms with Crippen molar-refractivity contribution in [1.82, 2.24) is 4.98 Å². The molecule has 20 heavy (non-hydrogen) atoms. The normalized spacial score (nSPS) is 17.6. The van der Waals surface area contributed by atoms with Crippen LogP contribution in [0.1, 0.15) is 22.6 Å². The Morgan fingerprint density at radius 1 is 1.50 bits per heavy atom. The molecule has 0 saturated heterocycles. The van der Waals surface area contributed by atoms with E-state index in [9.17, 15) is 4.79 Å². The summed E-state index contributed by atoms with van der Waals surface area (Å²) < 4.78 is 0. The summed E-state index contributed by atoms with van der Waals surface area (Å²) in [6.45, 7) is 1.95. The zero-order valence-electron chi connectivity index (χ0n) is 11.1. The standard InChI is InChI=1S/C15H15ClN2OS/c1-9-6-11(16)3-5-12(9)18-15(19)10-2-4-13-14(7-10)20-8-17-13/h3,5-6,8,10H,2,4,7H2,1H3,(H,18,19). The summed E-state index contributed by atoms with van der Waals surface area (Å²) in [7, 11) is 0. The van der Waals surface area contributed by atoms with Crippen LogP contribution >= 0.6 is 22.9 Å². The molecule has 0 aliphatic heterocycles. The fraction of sp³-hybridized carbons (Fsp3) is 0.333. The van der Waals surface area contributed by atoms with Gasteiger partial charge in [0.05, 0.1) is 11.2 Å². The van der Waals surface area contributed by atoms with Crippen molar-refractivity contribution in [2.75, 3.05) is 5.32 Å². The average Bonchev–Trinajstić information content (AvgIpc) is 2.89. The molecule has 1 aliphatic carbocycles. The first-order valence-corrected chi connectivity index (χ1v) is 7.87. The van der Waals surface area contributed by atoms with Crippen molar-refractivity contribution in [2.45, 2.75) is 26.2 Å². The maximum Gasteiger partial charge on any atom is 0.227 e. The van der Waals surface area contributed by atoms with Gasteiger partial charge in [0, 0.05) is 21.5 Å². The monoisotopic (exact) mass is 306 g/mol. The smallest absolute Gasteiger partial charge is 0.227 e. The molecule has 1 aromatic carbocycles. The van der Waals surface area contributed by atoms with E-state index in [1.807, 2.05) is 24.6 Å². The van der Waals surface area contributed by atoms with E-state index in [0.717, 1.165) is 30.5 Å². The minimum atomic E-state index is 0.0398. The van der Waals surface area contributed by atoms with Gasteiger partial charge in [-0.1, -0.05) is 11.6 Å². The number of nitrogens with zero attached hydrogens (tertiary/aromatic N) is 1. The first-order valence-electron chi connectivity index (χ1n) is 6.62. The number of benzene rings is 1. The Labute approximate surface area is 127 Å². The lowest BCUT2D eigenvalue weighted by molar-refractivity contribution is -0.120. The van der Waals surface area contributed by atoms with Gasteiger partial charge in [0.25, 0.3) is 0 Å². The lowest BCUT2D eigenvalue weighted by Crippen LogP contribution is -2.28. The van der Waals surface area contributed by atoms with Gasteiger partial charge < -0.3 is 5.32 Å². The number of amides is 1. The van der Waals surface area contributed by atoms with Gasteiger partial charge in [-0.3, -0.25) is 4.79 Å². The largest absolute Gasteiger partial charge is 0.326 e. The number of aromatic nitrogens is 1. The maximum atomic E-state index is 12.4. The van der Waals surface area contributed by atoms with Crippen molar-refractivity contribution in [3.63, 3.8) is 0 Å². The molecular formula is C15H15ClN2OS. The third kappa shape index (κ3) is 2.72. The van der Waals surface area contributed by atoms with E-state index in [2.05, 4.69) is 10.3 Å². The molecule has 3 nitrogen and oxygen atoms in total. The van der Waals surface area contributed by atoms with Crippen molar-refractivity contribution in [3.05, 3.63) is 44.9 Å². The molecule has 1 heterocycles. The van der Waals surface area contributed by atoms with E-state index < -0.39 is 0 Å². The molecular weight excluding hydrogens is 292 g/mol. The van der Waals surface area contributed by atoms with Gasteiger partial charge >= 0.3 is 0 Å². The van der Waals surface area contributed by atoms with Gasteiger partial charge in [-0.15, -0.1) is 11.3 Å². The predicted molar refractivity (Wildman–Crippen MR) is 82.4 cm³/mol. The Morgan fingerprint density at radius 2 is 2.35 bits per heavy atom. The van der Waals surface area contributed by atoms with Crippen LogP contribution in [0.4, 0.5) is 5.69 Å². The van der Waals surface area contributed by atoms with Crippen molar-refractivity contribution >= 4 is 34.5 Å². The van der Waals surface area contributed by atoms with Crippen LogP contribution in [0.5, 0.6) is 0 Å². The Hall–Kier alpha value is -1.39. The minimum absolute atomic E-state index is 0.0398. The second-order valence-electron chi connectivity index (χ2n) is 5.11. The van der Waals surface area contributed by atoms with E-state index in [-0.39, 0.29) is 11.8 Å². The number of carbonyl (C=O) groups is 1. The number of anilines is 1. The Bertz CT molecular complexity index is 653. The van der Waals surface area contributed by atoms with Crippen LogP contribution in [0, 0.1) is 12.8 Å². The maximum absolute atomic E-state index is 12.4. The van der Waals surface area contributed by atoms with E-state index in [4.69, 9.17) is 11.6 Å². The number of carbonyl (C=O) groups excluding carboxylic acids is 1. The molecule has 1 atom stereocenters. The molecule has 104 valence electrons. The number of halogens is 1. The number of thiazole rings is 1. The number of hydrogen-bond acceptors (Lipinski definition) is 3. The second-order valence-corrected chi connectivity index (χ2v) is 6.49. The van der Waals surface area contributed by atoms with Gasteiger partial charge in [0.15, 0.2) is 0 Å². The minimum Gasteiger partial charge on any atom is -0.326 e. The van der Waals surface area contributed by atoms with Crippen LogP contribution in [-0.4, -0.2) is 10.9 Å². The highest BCUT2D eigenvalue weighted by Crippen LogP contribution is 2.29. The van der Waals surface area contributed by atoms with E-state index >= 15 is 0 Å². The summed E-state index contributed by atoms with van der Waals surface area (Å²) in [4.78, 5) is 18.0. The number of rotatable bonds is 2. The van der Waals surface area contributed by atoms with Crippen LogP contribution in [0.2, 0.25) is 5.02 Å². The fourth-order valence-corrected chi connectivity index (χ4v) is 3.65. The van der Waals surface area contributed by atoms with Crippen molar-refractivity contribution in [2.24, 2.45) is 5.92 Å². The molecule has 0 bridgehead atoms. The van der Waals surface area contributed by atoms with Gasteiger partial charge in [0.1, 0.15) is 0 Å². The van der Waals surface area contributed by atoms with E-state index in [1.54, 1.807) is 17.4 Å². The average molecular weight is 307 g/mol. The van der Waals surface area contributed by atoms with Gasteiger partial charge in [-0.25, -0.2) is 4.98 Å². The zero-order chi connectivity index (χ0) is 14.1. The first-order chi connectivity index (χ1) is 9.63. The molecule has 1 aromatic heterocycles. The van der Waals surface area contributed by atoms with Gasteiger partial charge in [-0.2, -0.15) is 0 Å². The highest BCUT2D eigenvalue weighted by atomic mass is 35.5. The lowest BCUT2D eigenvalue weighted by atomic mass is 9.90. The second kappa shape index (κ2) is 5.54. The quantitative estimate of drug-likeness (QED) is 0.915. The molecule has 0 radical (unpaired) electrons. The number of nitrogens with one attached hydrogen (secondary N) is 1. The molecule has 0 saturated carbocycles. The summed E-state index contributed by atoms with van der Waals surface area (Å²) in [5, 5.41) is 3.70. The highest BCUT2D eigenvalue weighted by molar-refractivity contribution is 7.09. The summed E-state index contributed by atoms with van der Waals surface area (Å²) >= 11 is 7.58. The number of hydrogen-bond donors (Lipinski definition) is 1. The predicted octanol–water partition coefficient (Wildman–Crippen LogP) is 3.85. The number of aryl methyl sites for hydroxylation is 2. The van der Waals surface area contributed by atoms with Crippen LogP contribution in [0.15, 0.2) is 23.7 Å². The molecule has 1 amide bonds. The summed E-state index contributed by atoms with van der Waals surface area (Å²) in [5.74, 6) is 0.132. The van der Waals surface area contributed by atoms with Gasteiger partial charge in [0.2, 0.25) is 5.91 Å². The molecule has 1 aliphatic rings. The number of fused-ring (bicyclic) bond motifs is 1. The zero-order valence-corrected chi connectivity index (χ0v) is 12.7. The van der Waals surface area contributed by atoms with E-state index in [1.165, 1.54) is 10.6 Å². The molecule has 5 heteroatoms. The van der Waals surface area contributed by atoms with Gasteiger partial charge in [-0.05, 0) is 49.9 Å². The topological polar surface area (TPSA) is 42.0 Å². The Morgan fingerprint density at radius 3 is 3.15 bits per heavy atom. The van der Waals surface area contributed by atoms with Crippen LogP contribution in [0.3, 0.4) is 0 Å². The Kier molecular flexibility index (Phi) is 3.76. The molecule has 1 unspecified atom stereocenters. The van der Waals surface area contributed by atoms with Crippen LogP contribution < -0.4 is 5.32 Å². The molecule has 2 aromatic rings. The Balaban J connectivity index is 1.71. The molecule has 0 fully saturated rings. The lowest BCUT2D eigenvalue weighted by Gasteiger charge is -2.21. The summed E-state index contributed by atoms with van der Waals surface area (Å²) in [5.41, 5.74) is 4.87. The first kappa shape index (κ1) is 13.6. The van der Waals surface area contributed by atoms with E-state index in [0.29, 0.717) is 5.02 Å². The molecule has 3 rings (SSSR count). The van der Waals surface area contributed by atoms with Crippen molar-refractivity contribution < 1.29 is 4.79 Å². The highest BCUT2D eigenvalue weighted by Gasteiger charge is 2.26. The fourth-order valence-electron chi connectivity index (χ4n) is 2.53. The molecule has 1 N–H and O–H groups in total.